The van der Waals surface area contributed by atoms with Crippen LogP contribution < -0.4 is 11.1 Å². The molecule has 0 bridgehead atoms. The number of rotatable bonds is 4. The normalized spacial score (nSPS) is 9.75. The van der Waals surface area contributed by atoms with Gasteiger partial charge in [-0.2, -0.15) is 5.26 Å². The Balaban J connectivity index is 2.15. The highest BCUT2D eigenvalue weighted by Gasteiger charge is 2.11. The Morgan fingerprint density at radius 2 is 2.10 bits per heavy atom. The molecule has 1 aromatic carbocycles. The molecule has 7 nitrogen and oxygen atoms in total. The maximum atomic E-state index is 10.6. The van der Waals surface area contributed by atoms with Gasteiger partial charge in [0.15, 0.2) is 0 Å². The van der Waals surface area contributed by atoms with Crippen LogP contribution in [0.25, 0.3) is 0 Å². The highest BCUT2D eigenvalue weighted by atomic mass is 16.6. The smallest absolute Gasteiger partial charge is 0.289 e. The van der Waals surface area contributed by atoms with Crippen LogP contribution in [0.1, 0.15) is 11.1 Å². The number of aromatic nitrogens is 1. The van der Waals surface area contributed by atoms with E-state index in [9.17, 15) is 10.1 Å². The van der Waals surface area contributed by atoms with Crippen molar-refractivity contribution in [3.05, 3.63) is 57.8 Å². The zero-order chi connectivity index (χ0) is 14.5. The van der Waals surface area contributed by atoms with E-state index in [1.54, 1.807) is 12.1 Å². The first kappa shape index (κ1) is 13.3. The molecule has 0 amide bonds. The molecule has 0 saturated carbocycles. The van der Waals surface area contributed by atoms with Crippen LogP contribution in [0.15, 0.2) is 36.5 Å². The second-order valence-corrected chi connectivity index (χ2v) is 4.05. The van der Waals surface area contributed by atoms with Gasteiger partial charge in [-0.15, -0.1) is 0 Å². The number of nitrogen functional groups attached to an aromatic ring is 1. The molecule has 0 atom stereocenters. The highest BCUT2D eigenvalue weighted by molar-refractivity contribution is 5.55. The molecule has 2 rings (SSSR count). The molecule has 0 saturated heterocycles. The summed E-state index contributed by atoms with van der Waals surface area (Å²) < 4.78 is 0. The fourth-order valence-electron chi connectivity index (χ4n) is 1.60. The molecule has 0 radical (unpaired) electrons. The first-order chi connectivity index (χ1) is 9.60. The predicted molar refractivity (Wildman–Crippen MR) is 73.8 cm³/mol. The summed E-state index contributed by atoms with van der Waals surface area (Å²) in [6, 6.07) is 10.3. The van der Waals surface area contributed by atoms with Crippen molar-refractivity contribution in [1.29, 1.82) is 5.26 Å². The number of benzene rings is 1. The molecule has 100 valence electrons. The van der Waals surface area contributed by atoms with Gasteiger partial charge in [0.1, 0.15) is 23.6 Å². The van der Waals surface area contributed by atoms with Gasteiger partial charge < -0.3 is 11.1 Å². The number of nitriles is 1. The van der Waals surface area contributed by atoms with Gasteiger partial charge in [0.05, 0.1) is 4.92 Å². The Hall–Kier alpha value is -3.14. The van der Waals surface area contributed by atoms with Crippen molar-refractivity contribution in [3.63, 3.8) is 0 Å². The zero-order valence-corrected chi connectivity index (χ0v) is 10.4. The average molecular weight is 269 g/mol. The largest absolute Gasteiger partial charge is 0.399 e. The first-order valence-electron chi connectivity index (χ1n) is 5.73. The Morgan fingerprint density at radius 3 is 2.70 bits per heavy atom. The minimum atomic E-state index is -0.586. The van der Waals surface area contributed by atoms with E-state index in [1.165, 1.54) is 6.07 Å². The number of nitrogens with two attached hydrogens (primary N) is 1. The van der Waals surface area contributed by atoms with Gasteiger partial charge in [0, 0.05) is 18.3 Å². The molecule has 0 aliphatic carbocycles. The number of nitro groups is 1. The summed E-state index contributed by atoms with van der Waals surface area (Å²) in [5, 5.41) is 22.6. The topological polar surface area (TPSA) is 118 Å². The first-order valence-corrected chi connectivity index (χ1v) is 5.73. The summed E-state index contributed by atoms with van der Waals surface area (Å²) >= 11 is 0. The fourth-order valence-corrected chi connectivity index (χ4v) is 1.60. The molecule has 0 fully saturated rings. The number of nitrogens with zero attached hydrogens (tertiary/aromatic N) is 3. The highest BCUT2D eigenvalue weighted by Crippen LogP contribution is 2.19. The Morgan fingerprint density at radius 1 is 1.40 bits per heavy atom. The van der Waals surface area contributed by atoms with Crippen molar-refractivity contribution in [2.45, 2.75) is 6.54 Å². The van der Waals surface area contributed by atoms with Crippen LogP contribution in [-0.2, 0) is 6.54 Å². The van der Waals surface area contributed by atoms with Gasteiger partial charge in [-0.3, -0.25) is 10.1 Å². The zero-order valence-electron chi connectivity index (χ0n) is 10.4. The minimum Gasteiger partial charge on any atom is -0.399 e. The molecule has 0 spiro atoms. The summed E-state index contributed by atoms with van der Waals surface area (Å²) in [6.07, 6.45) is 1.12. The summed E-state index contributed by atoms with van der Waals surface area (Å²) in [5.41, 5.74) is 7.14. The molecule has 7 heteroatoms. The lowest BCUT2D eigenvalue weighted by atomic mass is 10.2. The van der Waals surface area contributed by atoms with Crippen molar-refractivity contribution >= 4 is 17.2 Å². The molecular weight excluding hydrogens is 258 g/mol. The van der Waals surface area contributed by atoms with E-state index in [4.69, 9.17) is 11.0 Å². The third-order valence-electron chi connectivity index (χ3n) is 2.64. The second-order valence-electron chi connectivity index (χ2n) is 4.05. The molecular formula is C13H11N5O2. The molecule has 20 heavy (non-hydrogen) atoms. The molecule has 3 N–H and O–H groups in total. The third-order valence-corrected chi connectivity index (χ3v) is 2.64. The van der Waals surface area contributed by atoms with Crippen molar-refractivity contribution < 1.29 is 4.92 Å². The van der Waals surface area contributed by atoms with Crippen molar-refractivity contribution in [3.8, 4) is 6.07 Å². The summed E-state index contributed by atoms with van der Waals surface area (Å²) in [6.45, 7) is 0.444. The molecule has 1 aromatic heterocycles. The maximum Gasteiger partial charge on any atom is 0.289 e. The summed E-state index contributed by atoms with van der Waals surface area (Å²) in [7, 11) is 0. The Bertz CT molecular complexity index is 676. The fraction of sp³-hybridized carbons (Fsp3) is 0.0769. The van der Waals surface area contributed by atoms with Gasteiger partial charge in [-0.05, 0) is 17.7 Å². The summed E-state index contributed by atoms with van der Waals surface area (Å²) in [5.74, 6) is 0.315. The van der Waals surface area contributed by atoms with Crippen molar-refractivity contribution in [1.82, 2.24) is 4.98 Å². The lowest BCUT2D eigenvalue weighted by molar-refractivity contribution is -0.385. The van der Waals surface area contributed by atoms with Crippen molar-refractivity contribution in [2.75, 3.05) is 11.1 Å². The Kier molecular flexibility index (Phi) is 3.77. The van der Waals surface area contributed by atoms with E-state index in [1.807, 2.05) is 18.2 Å². The average Bonchev–Trinajstić information content (AvgIpc) is 2.46. The van der Waals surface area contributed by atoms with E-state index in [0.717, 1.165) is 11.8 Å². The van der Waals surface area contributed by atoms with Crippen LogP contribution in [0, 0.1) is 21.4 Å². The van der Waals surface area contributed by atoms with Crippen molar-refractivity contribution in [2.24, 2.45) is 0 Å². The number of hydrogen-bond donors (Lipinski definition) is 2. The van der Waals surface area contributed by atoms with Crippen LogP contribution in [0.3, 0.4) is 0 Å². The Labute approximate surface area is 114 Å². The van der Waals surface area contributed by atoms with Crippen LogP contribution >= 0.6 is 0 Å². The molecule has 0 aliphatic heterocycles. The standard InChI is InChI=1S/C13H11N5O2/c14-6-10-5-12(18(19)20)8-17-13(10)16-7-9-1-3-11(15)4-2-9/h1-5,8H,7,15H2,(H,16,17). The van der Waals surface area contributed by atoms with Gasteiger partial charge in [0.25, 0.3) is 5.69 Å². The lowest BCUT2D eigenvalue weighted by Gasteiger charge is -2.07. The predicted octanol–water partition coefficient (Wildman–Crippen LogP) is 2.06. The van der Waals surface area contributed by atoms with Gasteiger partial charge in [0.2, 0.25) is 0 Å². The molecule has 0 unspecified atom stereocenters. The van der Waals surface area contributed by atoms with E-state index >= 15 is 0 Å². The number of nitrogens with one attached hydrogen (secondary N) is 1. The van der Waals surface area contributed by atoms with Crippen LogP contribution in [0.5, 0.6) is 0 Å². The van der Waals surface area contributed by atoms with E-state index < -0.39 is 4.92 Å². The van der Waals surface area contributed by atoms with Gasteiger partial charge in [-0.1, -0.05) is 12.1 Å². The van der Waals surface area contributed by atoms with Crippen LogP contribution in [0.4, 0.5) is 17.2 Å². The van der Waals surface area contributed by atoms with Gasteiger partial charge in [-0.25, -0.2) is 4.98 Å². The van der Waals surface area contributed by atoms with Gasteiger partial charge >= 0.3 is 0 Å². The van der Waals surface area contributed by atoms with E-state index in [0.29, 0.717) is 18.1 Å². The summed E-state index contributed by atoms with van der Waals surface area (Å²) in [4.78, 5) is 13.9. The minimum absolute atomic E-state index is 0.134. The van der Waals surface area contributed by atoms with E-state index in [2.05, 4.69) is 10.3 Å². The quantitative estimate of drug-likeness (QED) is 0.498. The number of anilines is 2. The SMILES string of the molecule is N#Cc1cc([N+](=O)[O-])cnc1NCc1ccc(N)cc1. The number of hydrogen-bond acceptors (Lipinski definition) is 6. The van der Waals surface area contributed by atoms with E-state index in [-0.39, 0.29) is 11.3 Å². The molecule has 2 aromatic rings. The van der Waals surface area contributed by atoms with Crippen LogP contribution in [-0.4, -0.2) is 9.91 Å². The molecule has 0 aliphatic rings. The lowest BCUT2D eigenvalue weighted by Crippen LogP contribution is -2.04. The monoisotopic (exact) mass is 269 g/mol. The van der Waals surface area contributed by atoms with Crippen LogP contribution in [0.2, 0.25) is 0 Å². The second kappa shape index (κ2) is 5.67. The molecule has 1 heterocycles. The number of pyridine rings is 1. The third kappa shape index (κ3) is 3.00. The maximum absolute atomic E-state index is 10.6.